The Morgan fingerprint density at radius 3 is 2.79 bits per heavy atom. The molecular weight excluding hydrogens is 240 g/mol. The van der Waals surface area contributed by atoms with Crippen molar-refractivity contribution >= 4 is 11.9 Å². The number of rotatable bonds is 4. The summed E-state index contributed by atoms with van der Waals surface area (Å²) in [6, 6.07) is 12.6. The number of nitrogens with two attached hydrogens (primary N) is 1. The molecule has 0 spiro atoms. The van der Waals surface area contributed by atoms with Crippen LogP contribution in [0, 0.1) is 0 Å². The fourth-order valence-corrected chi connectivity index (χ4v) is 1.68. The molecule has 0 aromatic heterocycles. The molecule has 0 bridgehead atoms. The molecule has 98 valence electrons. The molecule has 0 saturated heterocycles. The van der Waals surface area contributed by atoms with E-state index in [2.05, 4.69) is 4.99 Å². The standard InChI is InChI=1S/C15H16N2O2/c1-19-13-6-7-15(18)12(8-13)10-17-9-11-4-2-3-5-14(11)16/h2-8,10,18H,9,16H2,1H3. The number of aromatic hydroxyl groups is 1. The van der Waals surface area contributed by atoms with Gasteiger partial charge in [0.05, 0.1) is 13.7 Å². The van der Waals surface area contributed by atoms with Gasteiger partial charge in [-0.25, -0.2) is 0 Å². The zero-order valence-electron chi connectivity index (χ0n) is 10.7. The molecule has 3 N–H and O–H groups in total. The van der Waals surface area contributed by atoms with Gasteiger partial charge in [0.25, 0.3) is 0 Å². The van der Waals surface area contributed by atoms with Crippen molar-refractivity contribution in [3.05, 3.63) is 53.6 Å². The number of ether oxygens (including phenoxy) is 1. The SMILES string of the molecule is COc1ccc(O)c(C=NCc2ccccc2N)c1. The van der Waals surface area contributed by atoms with Crippen LogP contribution in [0.1, 0.15) is 11.1 Å². The summed E-state index contributed by atoms with van der Waals surface area (Å²) in [4.78, 5) is 4.29. The van der Waals surface area contributed by atoms with Gasteiger partial charge in [0, 0.05) is 17.5 Å². The summed E-state index contributed by atoms with van der Waals surface area (Å²) in [6.45, 7) is 0.476. The van der Waals surface area contributed by atoms with Crippen LogP contribution in [0.15, 0.2) is 47.5 Å². The van der Waals surface area contributed by atoms with Crippen LogP contribution in [-0.2, 0) is 6.54 Å². The molecule has 2 rings (SSSR count). The Morgan fingerprint density at radius 2 is 2.05 bits per heavy atom. The highest BCUT2D eigenvalue weighted by Gasteiger charge is 2.00. The third kappa shape index (κ3) is 3.25. The number of hydrogen-bond acceptors (Lipinski definition) is 4. The van der Waals surface area contributed by atoms with Gasteiger partial charge in [0.1, 0.15) is 11.5 Å². The van der Waals surface area contributed by atoms with Crippen LogP contribution in [0.2, 0.25) is 0 Å². The van der Waals surface area contributed by atoms with Crippen molar-refractivity contribution < 1.29 is 9.84 Å². The minimum Gasteiger partial charge on any atom is -0.507 e. The van der Waals surface area contributed by atoms with Crippen LogP contribution in [-0.4, -0.2) is 18.4 Å². The van der Waals surface area contributed by atoms with Crippen LogP contribution < -0.4 is 10.5 Å². The van der Waals surface area contributed by atoms with Gasteiger partial charge in [-0.1, -0.05) is 18.2 Å². The lowest BCUT2D eigenvalue weighted by molar-refractivity contribution is 0.412. The summed E-state index contributed by atoms with van der Waals surface area (Å²) in [5.74, 6) is 0.851. The molecule has 4 nitrogen and oxygen atoms in total. The Bertz CT molecular complexity index is 594. The van der Waals surface area contributed by atoms with E-state index >= 15 is 0 Å². The molecule has 0 radical (unpaired) electrons. The van der Waals surface area contributed by atoms with Gasteiger partial charge in [0.15, 0.2) is 0 Å². The number of aliphatic imine (C=N–C) groups is 1. The van der Waals surface area contributed by atoms with Crippen molar-refractivity contribution in [1.82, 2.24) is 0 Å². The molecule has 0 saturated carbocycles. The predicted octanol–water partition coefficient (Wildman–Crippen LogP) is 2.60. The zero-order chi connectivity index (χ0) is 13.7. The summed E-state index contributed by atoms with van der Waals surface area (Å²) < 4.78 is 5.10. The predicted molar refractivity (Wildman–Crippen MR) is 76.8 cm³/mol. The smallest absolute Gasteiger partial charge is 0.124 e. The molecule has 4 heteroatoms. The lowest BCUT2D eigenvalue weighted by atomic mass is 10.2. The highest BCUT2D eigenvalue weighted by atomic mass is 16.5. The Hall–Kier alpha value is -2.49. The first kappa shape index (κ1) is 13.0. The monoisotopic (exact) mass is 256 g/mol. The molecule has 0 aliphatic rings. The number of phenolic OH excluding ortho intramolecular Hbond substituents is 1. The van der Waals surface area contributed by atoms with Crippen LogP contribution in [0.5, 0.6) is 11.5 Å². The van der Waals surface area contributed by atoms with E-state index in [1.807, 2.05) is 24.3 Å². The minimum absolute atomic E-state index is 0.172. The lowest BCUT2D eigenvalue weighted by Gasteiger charge is -2.03. The number of phenols is 1. The Labute approximate surface area is 112 Å². The van der Waals surface area contributed by atoms with Gasteiger partial charge in [-0.05, 0) is 29.8 Å². The normalized spacial score (nSPS) is 10.8. The molecule has 0 fully saturated rings. The van der Waals surface area contributed by atoms with Crippen molar-refractivity contribution in [2.75, 3.05) is 12.8 Å². The van der Waals surface area contributed by atoms with Gasteiger partial charge >= 0.3 is 0 Å². The third-order valence-corrected chi connectivity index (χ3v) is 2.78. The van der Waals surface area contributed by atoms with E-state index in [9.17, 15) is 5.11 Å². The first-order chi connectivity index (χ1) is 9.20. The van der Waals surface area contributed by atoms with Gasteiger partial charge in [-0.15, -0.1) is 0 Å². The maximum absolute atomic E-state index is 9.71. The summed E-state index contributed by atoms with van der Waals surface area (Å²) in [6.07, 6.45) is 1.62. The zero-order valence-corrected chi connectivity index (χ0v) is 10.7. The third-order valence-electron chi connectivity index (χ3n) is 2.78. The second-order valence-electron chi connectivity index (χ2n) is 4.09. The Balaban J connectivity index is 2.13. The van der Waals surface area contributed by atoms with E-state index in [4.69, 9.17) is 10.5 Å². The van der Waals surface area contributed by atoms with Gasteiger partial charge < -0.3 is 15.6 Å². The number of para-hydroxylation sites is 1. The summed E-state index contributed by atoms with van der Waals surface area (Å²) in [5, 5.41) is 9.71. The molecule has 0 unspecified atom stereocenters. The summed E-state index contributed by atoms with van der Waals surface area (Å²) in [5.41, 5.74) is 8.13. The second-order valence-corrected chi connectivity index (χ2v) is 4.09. The van der Waals surface area contributed by atoms with Crippen LogP contribution in [0.3, 0.4) is 0 Å². The van der Waals surface area contributed by atoms with Gasteiger partial charge in [-0.2, -0.15) is 0 Å². The highest BCUT2D eigenvalue weighted by molar-refractivity contribution is 5.84. The van der Waals surface area contributed by atoms with Gasteiger partial charge in [-0.3, -0.25) is 4.99 Å². The van der Waals surface area contributed by atoms with E-state index in [-0.39, 0.29) is 5.75 Å². The average Bonchev–Trinajstić information content (AvgIpc) is 2.43. The number of methoxy groups -OCH3 is 1. The van der Waals surface area contributed by atoms with E-state index in [0.717, 1.165) is 11.3 Å². The molecule has 0 aliphatic carbocycles. The number of anilines is 1. The van der Waals surface area contributed by atoms with E-state index in [1.54, 1.807) is 31.5 Å². The maximum Gasteiger partial charge on any atom is 0.124 e. The molecular formula is C15H16N2O2. The molecule has 2 aromatic rings. The number of nitrogen functional groups attached to an aromatic ring is 1. The largest absolute Gasteiger partial charge is 0.507 e. The number of nitrogens with zero attached hydrogens (tertiary/aromatic N) is 1. The molecule has 19 heavy (non-hydrogen) atoms. The minimum atomic E-state index is 0.172. The van der Waals surface area contributed by atoms with Crippen LogP contribution in [0.25, 0.3) is 0 Å². The Kier molecular flexibility index (Phi) is 4.03. The van der Waals surface area contributed by atoms with Crippen molar-refractivity contribution in [3.8, 4) is 11.5 Å². The first-order valence-electron chi connectivity index (χ1n) is 5.91. The molecule has 0 heterocycles. The fourth-order valence-electron chi connectivity index (χ4n) is 1.68. The molecule has 0 aliphatic heterocycles. The van der Waals surface area contributed by atoms with E-state index < -0.39 is 0 Å². The maximum atomic E-state index is 9.71. The molecule has 0 amide bonds. The summed E-state index contributed by atoms with van der Waals surface area (Å²) >= 11 is 0. The fraction of sp³-hybridized carbons (Fsp3) is 0.133. The molecule has 0 atom stereocenters. The van der Waals surface area contributed by atoms with Gasteiger partial charge in [0.2, 0.25) is 0 Å². The average molecular weight is 256 g/mol. The highest BCUT2D eigenvalue weighted by Crippen LogP contribution is 2.21. The number of benzene rings is 2. The second kappa shape index (κ2) is 5.91. The first-order valence-corrected chi connectivity index (χ1v) is 5.91. The van der Waals surface area contributed by atoms with E-state index in [1.165, 1.54) is 0 Å². The van der Waals surface area contributed by atoms with Crippen molar-refractivity contribution in [2.45, 2.75) is 6.54 Å². The summed E-state index contributed by atoms with van der Waals surface area (Å²) in [7, 11) is 1.58. The van der Waals surface area contributed by atoms with Crippen molar-refractivity contribution in [2.24, 2.45) is 4.99 Å². The van der Waals surface area contributed by atoms with Crippen LogP contribution in [0.4, 0.5) is 5.69 Å². The van der Waals surface area contributed by atoms with E-state index in [0.29, 0.717) is 17.9 Å². The van der Waals surface area contributed by atoms with Crippen molar-refractivity contribution in [3.63, 3.8) is 0 Å². The Morgan fingerprint density at radius 1 is 1.26 bits per heavy atom. The van der Waals surface area contributed by atoms with Crippen LogP contribution >= 0.6 is 0 Å². The number of hydrogen-bond donors (Lipinski definition) is 2. The lowest BCUT2D eigenvalue weighted by Crippen LogP contribution is -1.93. The topological polar surface area (TPSA) is 67.8 Å². The van der Waals surface area contributed by atoms with Crippen molar-refractivity contribution in [1.29, 1.82) is 0 Å². The quantitative estimate of drug-likeness (QED) is 0.652. The molecule has 2 aromatic carbocycles.